The highest BCUT2D eigenvalue weighted by molar-refractivity contribution is 9.10. The van der Waals surface area contributed by atoms with Gasteiger partial charge in [0, 0.05) is 35.6 Å². The highest BCUT2D eigenvalue weighted by atomic mass is 79.9. The summed E-state index contributed by atoms with van der Waals surface area (Å²) in [4.78, 5) is 11.7. The van der Waals surface area contributed by atoms with E-state index in [-0.39, 0.29) is 5.91 Å². The molecular weight excluding hydrogens is 256 g/mol. The third-order valence-electron chi connectivity index (χ3n) is 2.92. The molecule has 2 heterocycles. The maximum absolute atomic E-state index is 11.7. The van der Waals surface area contributed by atoms with Crippen molar-refractivity contribution in [1.82, 2.24) is 9.88 Å². The van der Waals surface area contributed by atoms with Crippen molar-refractivity contribution in [3.8, 4) is 0 Å². The Morgan fingerprint density at radius 3 is 3.07 bits per heavy atom. The number of benzene rings is 1. The first-order valence-corrected chi connectivity index (χ1v) is 5.53. The third kappa shape index (κ3) is 1.03. The van der Waals surface area contributed by atoms with Crippen molar-refractivity contribution in [2.75, 3.05) is 0 Å². The molecule has 2 aromatic rings. The van der Waals surface area contributed by atoms with Crippen LogP contribution in [0, 0.1) is 0 Å². The molecule has 0 saturated carbocycles. The fourth-order valence-electron chi connectivity index (χ4n) is 2.16. The zero-order valence-corrected chi connectivity index (χ0v) is 9.76. The van der Waals surface area contributed by atoms with E-state index in [0.29, 0.717) is 6.54 Å². The highest BCUT2D eigenvalue weighted by Gasteiger charge is 2.23. The van der Waals surface area contributed by atoms with Crippen molar-refractivity contribution in [3.05, 3.63) is 33.9 Å². The molecule has 0 aliphatic carbocycles. The summed E-state index contributed by atoms with van der Waals surface area (Å²) in [5, 5.41) is 3.95. The van der Waals surface area contributed by atoms with Crippen LogP contribution in [0.3, 0.4) is 0 Å². The van der Waals surface area contributed by atoms with E-state index >= 15 is 0 Å². The molecule has 1 N–H and O–H groups in total. The first-order chi connectivity index (χ1) is 7.20. The number of rotatable bonds is 0. The van der Waals surface area contributed by atoms with E-state index in [9.17, 15) is 4.79 Å². The Kier molecular flexibility index (Phi) is 1.71. The number of nitrogens with one attached hydrogen (secondary N) is 1. The van der Waals surface area contributed by atoms with Gasteiger partial charge in [-0.1, -0.05) is 6.07 Å². The van der Waals surface area contributed by atoms with Gasteiger partial charge < -0.3 is 9.88 Å². The lowest BCUT2D eigenvalue weighted by atomic mass is 10.0. The molecule has 3 nitrogen and oxygen atoms in total. The summed E-state index contributed by atoms with van der Waals surface area (Å²) in [6, 6.07) is 5.82. The molecule has 15 heavy (non-hydrogen) atoms. The van der Waals surface area contributed by atoms with Crippen molar-refractivity contribution in [3.63, 3.8) is 0 Å². The zero-order valence-electron chi connectivity index (χ0n) is 8.17. The minimum atomic E-state index is 0.0196. The lowest BCUT2D eigenvalue weighted by Gasteiger charge is -2.13. The van der Waals surface area contributed by atoms with Gasteiger partial charge in [-0.2, -0.15) is 0 Å². The molecule has 1 aromatic carbocycles. The van der Waals surface area contributed by atoms with Crippen LogP contribution in [0.25, 0.3) is 10.9 Å². The molecule has 0 bridgehead atoms. The lowest BCUT2D eigenvalue weighted by Crippen LogP contribution is -2.26. The molecule has 0 saturated heterocycles. The van der Waals surface area contributed by atoms with Crippen LogP contribution in [-0.2, 0) is 13.6 Å². The van der Waals surface area contributed by atoms with E-state index in [2.05, 4.69) is 25.8 Å². The van der Waals surface area contributed by atoms with Crippen molar-refractivity contribution in [2.24, 2.45) is 7.05 Å². The van der Waals surface area contributed by atoms with Crippen LogP contribution in [-0.4, -0.2) is 10.5 Å². The molecular formula is C11H9BrN2O. The van der Waals surface area contributed by atoms with Crippen LogP contribution in [0.1, 0.15) is 15.9 Å². The molecule has 0 spiro atoms. The molecule has 76 valence electrons. The SMILES string of the molecule is Cn1c(Br)c2c3c(cccc31)C(=O)NC2. The van der Waals surface area contributed by atoms with Crippen molar-refractivity contribution >= 4 is 32.7 Å². The van der Waals surface area contributed by atoms with E-state index in [1.807, 2.05) is 25.2 Å². The van der Waals surface area contributed by atoms with Gasteiger partial charge in [0.1, 0.15) is 0 Å². The summed E-state index contributed by atoms with van der Waals surface area (Å²) in [6.45, 7) is 0.605. The number of nitrogens with zero attached hydrogens (tertiary/aromatic N) is 1. The lowest BCUT2D eigenvalue weighted by molar-refractivity contribution is 0.0949. The fourth-order valence-corrected chi connectivity index (χ4v) is 2.69. The number of carbonyl (C=O) groups is 1. The molecule has 0 fully saturated rings. The second kappa shape index (κ2) is 2.85. The number of hydrogen-bond donors (Lipinski definition) is 1. The Labute approximate surface area is 95.2 Å². The fraction of sp³-hybridized carbons (Fsp3) is 0.182. The van der Waals surface area contributed by atoms with E-state index < -0.39 is 0 Å². The molecule has 4 heteroatoms. The number of halogens is 1. The molecule has 1 aliphatic heterocycles. The molecule has 0 atom stereocenters. The van der Waals surface area contributed by atoms with Gasteiger partial charge in [0.25, 0.3) is 5.91 Å². The average molecular weight is 265 g/mol. The molecule has 3 rings (SSSR count). The van der Waals surface area contributed by atoms with Gasteiger partial charge in [-0.3, -0.25) is 4.79 Å². The Morgan fingerprint density at radius 2 is 2.27 bits per heavy atom. The second-order valence-corrected chi connectivity index (χ2v) is 4.46. The second-order valence-electron chi connectivity index (χ2n) is 3.71. The van der Waals surface area contributed by atoms with Crippen molar-refractivity contribution < 1.29 is 4.79 Å². The summed E-state index contributed by atoms with van der Waals surface area (Å²) >= 11 is 3.55. The van der Waals surface area contributed by atoms with Crippen molar-refractivity contribution in [1.29, 1.82) is 0 Å². The predicted molar refractivity (Wildman–Crippen MR) is 61.8 cm³/mol. The standard InChI is InChI=1S/C11H9BrN2O/c1-14-8-4-2-3-6-9(8)7(10(14)12)5-13-11(6)15/h2-4H,5H2,1H3,(H,13,15). The zero-order chi connectivity index (χ0) is 10.6. The van der Waals surface area contributed by atoms with Gasteiger partial charge in [-0.15, -0.1) is 0 Å². The summed E-state index contributed by atoms with van der Waals surface area (Å²) in [7, 11) is 2.00. The Bertz CT molecular complexity index is 586. The minimum Gasteiger partial charge on any atom is -0.348 e. The number of aromatic nitrogens is 1. The topological polar surface area (TPSA) is 34.0 Å². The van der Waals surface area contributed by atoms with Crippen molar-refractivity contribution in [2.45, 2.75) is 6.54 Å². The number of amides is 1. The van der Waals surface area contributed by atoms with Crippen LogP contribution < -0.4 is 5.32 Å². The molecule has 0 unspecified atom stereocenters. The molecule has 1 amide bonds. The first-order valence-electron chi connectivity index (χ1n) is 4.74. The third-order valence-corrected chi connectivity index (χ3v) is 3.93. The van der Waals surface area contributed by atoms with E-state index in [1.165, 1.54) is 5.56 Å². The molecule has 1 aliphatic rings. The maximum Gasteiger partial charge on any atom is 0.252 e. The van der Waals surface area contributed by atoms with Gasteiger partial charge in [0.2, 0.25) is 0 Å². The molecule has 1 aromatic heterocycles. The van der Waals surface area contributed by atoms with Gasteiger partial charge in [-0.25, -0.2) is 0 Å². The van der Waals surface area contributed by atoms with E-state index in [4.69, 9.17) is 0 Å². The van der Waals surface area contributed by atoms with Crippen LogP contribution in [0.15, 0.2) is 22.8 Å². The number of hydrogen-bond acceptors (Lipinski definition) is 1. The Balaban J connectivity index is 2.56. The molecule has 0 radical (unpaired) electrons. The quantitative estimate of drug-likeness (QED) is 0.778. The first kappa shape index (κ1) is 8.97. The monoisotopic (exact) mass is 264 g/mol. The summed E-state index contributed by atoms with van der Waals surface area (Å²) < 4.78 is 3.11. The largest absolute Gasteiger partial charge is 0.348 e. The van der Waals surface area contributed by atoms with Crippen LogP contribution in [0.4, 0.5) is 0 Å². The van der Waals surface area contributed by atoms with Crippen LogP contribution in [0.5, 0.6) is 0 Å². The van der Waals surface area contributed by atoms with E-state index in [0.717, 1.165) is 21.1 Å². The minimum absolute atomic E-state index is 0.0196. The normalized spacial score (nSPS) is 14.4. The predicted octanol–water partition coefficient (Wildman–Crippen LogP) is 2.18. The maximum atomic E-state index is 11.7. The van der Waals surface area contributed by atoms with Gasteiger partial charge in [-0.05, 0) is 28.1 Å². The van der Waals surface area contributed by atoms with Gasteiger partial charge in [0.15, 0.2) is 0 Å². The average Bonchev–Trinajstić information content (AvgIpc) is 2.50. The number of aryl methyl sites for hydroxylation is 1. The Morgan fingerprint density at radius 1 is 1.47 bits per heavy atom. The van der Waals surface area contributed by atoms with Gasteiger partial charge in [0.05, 0.1) is 4.60 Å². The summed E-state index contributed by atoms with van der Waals surface area (Å²) in [5.74, 6) is 0.0196. The highest BCUT2D eigenvalue weighted by Crippen LogP contribution is 2.33. The summed E-state index contributed by atoms with van der Waals surface area (Å²) in [6.07, 6.45) is 0. The van der Waals surface area contributed by atoms with Gasteiger partial charge >= 0.3 is 0 Å². The Hall–Kier alpha value is -1.29. The van der Waals surface area contributed by atoms with Crippen LogP contribution >= 0.6 is 15.9 Å². The smallest absolute Gasteiger partial charge is 0.252 e. The van der Waals surface area contributed by atoms with E-state index in [1.54, 1.807) is 0 Å². The summed E-state index contributed by atoms with van der Waals surface area (Å²) in [5.41, 5.74) is 3.04. The van der Waals surface area contributed by atoms with Crippen LogP contribution in [0.2, 0.25) is 0 Å². The number of carbonyl (C=O) groups excluding carboxylic acids is 1.